The van der Waals surface area contributed by atoms with E-state index in [1.165, 1.54) is 17.4 Å². The number of carbonyl (C=O) groups is 3. The van der Waals surface area contributed by atoms with E-state index in [4.69, 9.17) is 0 Å². The van der Waals surface area contributed by atoms with E-state index in [1.807, 2.05) is 30.3 Å². The standard InChI is InChI=1S/C20H22N2O3S/c1-2-15(13-23)21-19(25)20(10-6-3-7-11-20)22-18(24)17-12-14-8-4-5-9-16(14)26-17/h2,4-5,8-9,12-13,15H,1,3,6-7,10-11H2,(H,21,25)(H,22,24)/t15-/m0/s1. The summed E-state index contributed by atoms with van der Waals surface area (Å²) < 4.78 is 1.03. The van der Waals surface area contributed by atoms with Gasteiger partial charge in [-0.2, -0.15) is 0 Å². The maximum atomic E-state index is 12.9. The van der Waals surface area contributed by atoms with Gasteiger partial charge in [-0.1, -0.05) is 43.5 Å². The molecular formula is C20H22N2O3S. The normalized spacial score (nSPS) is 17.2. The third-order valence-corrected chi connectivity index (χ3v) is 5.96. The molecule has 5 nitrogen and oxygen atoms in total. The summed E-state index contributed by atoms with van der Waals surface area (Å²) in [6, 6.07) is 8.90. The number of rotatable bonds is 6. The van der Waals surface area contributed by atoms with Crippen LogP contribution < -0.4 is 10.6 Å². The molecule has 0 bridgehead atoms. The van der Waals surface area contributed by atoms with Gasteiger partial charge in [-0.3, -0.25) is 9.59 Å². The van der Waals surface area contributed by atoms with Gasteiger partial charge in [-0.15, -0.1) is 17.9 Å². The maximum absolute atomic E-state index is 12.9. The first-order valence-electron chi connectivity index (χ1n) is 8.78. The number of fused-ring (bicyclic) bond motifs is 1. The van der Waals surface area contributed by atoms with Gasteiger partial charge in [0.2, 0.25) is 5.91 Å². The number of nitrogens with one attached hydrogen (secondary N) is 2. The molecule has 1 aromatic heterocycles. The molecule has 1 aliphatic carbocycles. The van der Waals surface area contributed by atoms with Gasteiger partial charge in [0.25, 0.3) is 5.91 Å². The zero-order valence-electron chi connectivity index (χ0n) is 14.5. The van der Waals surface area contributed by atoms with Gasteiger partial charge in [0.05, 0.1) is 4.88 Å². The number of benzene rings is 1. The van der Waals surface area contributed by atoms with Crippen LogP contribution in [-0.2, 0) is 9.59 Å². The molecule has 1 saturated carbocycles. The lowest BCUT2D eigenvalue weighted by Crippen LogP contribution is -2.61. The molecule has 2 aromatic rings. The summed E-state index contributed by atoms with van der Waals surface area (Å²) in [7, 11) is 0. The van der Waals surface area contributed by atoms with Crippen molar-refractivity contribution in [2.75, 3.05) is 0 Å². The van der Waals surface area contributed by atoms with Crippen molar-refractivity contribution in [1.82, 2.24) is 10.6 Å². The zero-order chi connectivity index (χ0) is 18.6. The van der Waals surface area contributed by atoms with Gasteiger partial charge < -0.3 is 15.4 Å². The van der Waals surface area contributed by atoms with Gasteiger partial charge >= 0.3 is 0 Å². The highest BCUT2D eigenvalue weighted by atomic mass is 32.1. The average Bonchev–Trinajstić information content (AvgIpc) is 3.11. The molecule has 1 heterocycles. The molecule has 136 valence electrons. The molecule has 1 aliphatic rings. The Bertz CT molecular complexity index is 795. The number of aldehydes is 1. The molecule has 2 N–H and O–H groups in total. The molecule has 2 amide bonds. The van der Waals surface area contributed by atoms with Crippen molar-refractivity contribution in [2.45, 2.75) is 43.7 Å². The number of hydrogen-bond donors (Lipinski definition) is 2. The molecule has 0 aliphatic heterocycles. The third kappa shape index (κ3) is 3.70. The van der Waals surface area contributed by atoms with Crippen molar-refractivity contribution in [3.8, 4) is 0 Å². The molecule has 0 radical (unpaired) electrons. The Hall–Kier alpha value is -2.47. The van der Waals surface area contributed by atoms with Crippen molar-refractivity contribution in [1.29, 1.82) is 0 Å². The van der Waals surface area contributed by atoms with E-state index in [0.29, 0.717) is 24.0 Å². The van der Waals surface area contributed by atoms with Crippen LogP contribution in [0.5, 0.6) is 0 Å². The van der Waals surface area contributed by atoms with Gasteiger partial charge in [-0.25, -0.2) is 0 Å². The average molecular weight is 370 g/mol. The lowest BCUT2D eigenvalue weighted by atomic mass is 9.80. The summed E-state index contributed by atoms with van der Waals surface area (Å²) in [6.45, 7) is 3.55. The molecule has 1 aromatic carbocycles. The molecule has 3 rings (SSSR count). The highest BCUT2D eigenvalue weighted by Crippen LogP contribution is 2.31. The van der Waals surface area contributed by atoms with E-state index >= 15 is 0 Å². The summed E-state index contributed by atoms with van der Waals surface area (Å²) in [5.41, 5.74) is -0.976. The topological polar surface area (TPSA) is 75.3 Å². The van der Waals surface area contributed by atoms with Crippen LogP contribution in [0.25, 0.3) is 10.1 Å². The Morgan fingerprint density at radius 1 is 1.19 bits per heavy atom. The maximum Gasteiger partial charge on any atom is 0.262 e. The van der Waals surface area contributed by atoms with Gasteiger partial charge in [0.1, 0.15) is 17.9 Å². The van der Waals surface area contributed by atoms with Crippen LogP contribution in [0.4, 0.5) is 0 Å². The van der Waals surface area contributed by atoms with Crippen LogP contribution in [0.15, 0.2) is 43.0 Å². The summed E-state index contributed by atoms with van der Waals surface area (Å²) in [6.07, 6.45) is 5.91. The van der Waals surface area contributed by atoms with Gasteiger partial charge in [-0.05, 0) is 30.4 Å². The monoisotopic (exact) mass is 370 g/mol. The van der Waals surface area contributed by atoms with Crippen molar-refractivity contribution in [3.63, 3.8) is 0 Å². The minimum atomic E-state index is -0.976. The van der Waals surface area contributed by atoms with Gasteiger partial charge in [0.15, 0.2) is 0 Å². The Morgan fingerprint density at radius 2 is 1.92 bits per heavy atom. The lowest BCUT2D eigenvalue weighted by Gasteiger charge is -2.37. The minimum Gasteiger partial charge on any atom is -0.341 e. The number of hydrogen-bond acceptors (Lipinski definition) is 4. The fraction of sp³-hybridized carbons (Fsp3) is 0.350. The van der Waals surface area contributed by atoms with Crippen LogP contribution in [0.3, 0.4) is 0 Å². The van der Waals surface area contributed by atoms with Crippen LogP contribution in [0.2, 0.25) is 0 Å². The van der Waals surface area contributed by atoms with E-state index in [0.717, 1.165) is 29.3 Å². The van der Waals surface area contributed by atoms with Crippen LogP contribution in [0.1, 0.15) is 41.8 Å². The molecule has 0 saturated heterocycles. The van der Waals surface area contributed by atoms with Crippen molar-refractivity contribution in [2.24, 2.45) is 0 Å². The molecule has 0 unspecified atom stereocenters. The fourth-order valence-corrected chi connectivity index (χ4v) is 4.33. The highest BCUT2D eigenvalue weighted by molar-refractivity contribution is 7.20. The first-order valence-corrected chi connectivity index (χ1v) is 9.59. The minimum absolute atomic E-state index is 0.246. The summed E-state index contributed by atoms with van der Waals surface area (Å²) in [5.74, 6) is -0.562. The Balaban J connectivity index is 1.83. The van der Waals surface area contributed by atoms with Crippen LogP contribution >= 0.6 is 11.3 Å². The Morgan fingerprint density at radius 3 is 2.58 bits per heavy atom. The molecular weight excluding hydrogens is 348 g/mol. The largest absolute Gasteiger partial charge is 0.341 e. The highest BCUT2D eigenvalue weighted by Gasteiger charge is 2.41. The molecule has 0 spiro atoms. The third-order valence-electron chi connectivity index (χ3n) is 4.84. The van der Waals surface area contributed by atoms with E-state index in [9.17, 15) is 14.4 Å². The first-order chi connectivity index (χ1) is 12.6. The Kier molecular flexibility index (Phi) is 5.52. The van der Waals surface area contributed by atoms with Crippen LogP contribution in [0, 0.1) is 0 Å². The summed E-state index contributed by atoms with van der Waals surface area (Å²) in [4.78, 5) is 37.3. The SMILES string of the molecule is C=C[C@@H](C=O)NC(=O)C1(NC(=O)c2cc3ccccc3s2)CCCCC1. The molecule has 26 heavy (non-hydrogen) atoms. The number of amides is 2. The second kappa shape index (κ2) is 7.83. The summed E-state index contributed by atoms with van der Waals surface area (Å²) >= 11 is 1.41. The van der Waals surface area contributed by atoms with E-state index in [-0.39, 0.29) is 11.8 Å². The smallest absolute Gasteiger partial charge is 0.262 e. The fourth-order valence-electron chi connectivity index (χ4n) is 3.37. The lowest BCUT2D eigenvalue weighted by molar-refractivity contribution is -0.130. The van der Waals surface area contributed by atoms with Crippen molar-refractivity contribution in [3.05, 3.63) is 47.9 Å². The van der Waals surface area contributed by atoms with E-state index in [2.05, 4.69) is 17.2 Å². The van der Waals surface area contributed by atoms with Gasteiger partial charge in [0, 0.05) is 4.70 Å². The first kappa shape index (κ1) is 18.3. The molecule has 1 fully saturated rings. The number of thiophene rings is 1. The van der Waals surface area contributed by atoms with Crippen molar-refractivity contribution >= 4 is 39.5 Å². The van der Waals surface area contributed by atoms with Crippen LogP contribution in [-0.4, -0.2) is 29.7 Å². The molecule has 1 atom stereocenters. The zero-order valence-corrected chi connectivity index (χ0v) is 15.3. The van der Waals surface area contributed by atoms with Crippen molar-refractivity contribution < 1.29 is 14.4 Å². The number of carbonyl (C=O) groups excluding carboxylic acids is 3. The quantitative estimate of drug-likeness (QED) is 0.606. The predicted octanol–water partition coefficient (Wildman–Crippen LogP) is 3.20. The van der Waals surface area contributed by atoms with E-state index in [1.54, 1.807) is 0 Å². The predicted molar refractivity (Wildman–Crippen MR) is 103 cm³/mol. The summed E-state index contributed by atoms with van der Waals surface area (Å²) in [5, 5.41) is 6.66. The molecule has 6 heteroatoms. The second-order valence-electron chi connectivity index (χ2n) is 6.62. The Labute approximate surface area is 156 Å². The van der Waals surface area contributed by atoms with E-state index < -0.39 is 11.6 Å². The second-order valence-corrected chi connectivity index (χ2v) is 7.70.